The number of ketones is 1. The third-order valence-corrected chi connectivity index (χ3v) is 2.57. The zero-order valence-electron chi connectivity index (χ0n) is 9.75. The first-order valence-corrected chi connectivity index (χ1v) is 5.89. The molecule has 0 amide bonds. The van der Waals surface area contributed by atoms with Gasteiger partial charge in [0, 0.05) is 19.0 Å². The third-order valence-electron chi connectivity index (χ3n) is 2.57. The summed E-state index contributed by atoms with van der Waals surface area (Å²) in [6.07, 6.45) is 4.33. The largest absolute Gasteiger partial charge is 0.298 e. The maximum atomic E-state index is 11.5. The number of nitrogens with zero attached hydrogens (tertiary/aromatic N) is 1. The van der Waals surface area contributed by atoms with Crippen LogP contribution in [0.1, 0.15) is 46.5 Å². The number of carbonyl (C=O) groups is 1. The van der Waals surface area contributed by atoms with Crippen LogP contribution in [-0.2, 0) is 4.79 Å². The first-order chi connectivity index (χ1) is 6.63. The predicted octanol–water partition coefficient (Wildman–Crippen LogP) is 2.48. The second-order valence-corrected chi connectivity index (χ2v) is 4.84. The van der Waals surface area contributed by atoms with Gasteiger partial charge in [0.15, 0.2) is 0 Å². The van der Waals surface area contributed by atoms with E-state index in [2.05, 4.69) is 25.7 Å². The molecular weight excluding hydrogens is 174 g/mol. The van der Waals surface area contributed by atoms with Gasteiger partial charge in [0.05, 0.1) is 6.54 Å². The van der Waals surface area contributed by atoms with E-state index in [0.717, 1.165) is 25.4 Å². The van der Waals surface area contributed by atoms with Gasteiger partial charge in [-0.25, -0.2) is 0 Å². The molecule has 0 radical (unpaired) electrons. The molecule has 0 N–H and O–H groups in total. The smallest absolute Gasteiger partial charge is 0.146 e. The standard InChI is InChI=1S/C12H23NO/c1-4-5-12(14)9-13(8-10(2)3)11-6-7-11/h10-11H,4-9H2,1-3H3. The molecule has 82 valence electrons. The number of carbonyl (C=O) groups excluding carboxylic acids is 1. The van der Waals surface area contributed by atoms with Crippen molar-refractivity contribution >= 4 is 5.78 Å². The van der Waals surface area contributed by atoms with Crippen LogP contribution in [0.15, 0.2) is 0 Å². The van der Waals surface area contributed by atoms with E-state index in [1.165, 1.54) is 12.8 Å². The minimum Gasteiger partial charge on any atom is -0.298 e. The van der Waals surface area contributed by atoms with E-state index in [-0.39, 0.29) is 0 Å². The molecule has 2 nitrogen and oxygen atoms in total. The van der Waals surface area contributed by atoms with Gasteiger partial charge in [-0.1, -0.05) is 20.8 Å². The summed E-state index contributed by atoms with van der Waals surface area (Å²) in [5, 5.41) is 0. The summed E-state index contributed by atoms with van der Waals surface area (Å²) < 4.78 is 0. The number of hydrogen-bond donors (Lipinski definition) is 0. The lowest BCUT2D eigenvalue weighted by Crippen LogP contribution is -2.34. The molecule has 0 aromatic heterocycles. The molecule has 1 aliphatic rings. The molecule has 0 aromatic rings. The Morgan fingerprint density at radius 2 is 2.07 bits per heavy atom. The molecule has 0 aliphatic heterocycles. The number of Topliss-reactive ketones (excluding diaryl/α,β-unsaturated/α-hetero) is 1. The summed E-state index contributed by atoms with van der Waals surface area (Å²) in [6, 6.07) is 0.721. The Morgan fingerprint density at radius 3 is 2.50 bits per heavy atom. The Hall–Kier alpha value is -0.370. The Labute approximate surface area is 87.7 Å². The van der Waals surface area contributed by atoms with Crippen LogP contribution in [0.4, 0.5) is 0 Å². The summed E-state index contributed by atoms with van der Waals surface area (Å²) in [5.74, 6) is 1.09. The highest BCUT2D eigenvalue weighted by atomic mass is 16.1. The van der Waals surface area contributed by atoms with Crippen LogP contribution in [0.3, 0.4) is 0 Å². The van der Waals surface area contributed by atoms with Crippen LogP contribution in [0.2, 0.25) is 0 Å². The lowest BCUT2D eigenvalue weighted by Gasteiger charge is -2.23. The topological polar surface area (TPSA) is 20.3 Å². The van der Waals surface area contributed by atoms with Gasteiger partial charge < -0.3 is 0 Å². The third kappa shape index (κ3) is 4.23. The fourth-order valence-corrected chi connectivity index (χ4v) is 1.84. The van der Waals surface area contributed by atoms with E-state index in [1.54, 1.807) is 0 Å². The molecule has 0 saturated heterocycles. The molecule has 14 heavy (non-hydrogen) atoms. The number of hydrogen-bond acceptors (Lipinski definition) is 2. The fourth-order valence-electron chi connectivity index (χ4n) is 1.84. The summed E-state index contributed by atoms with van der Waals surface area (Å²) in [4.78, 5) is 13.9. The summed E-state index contributed by atoms with van der Waals surface area (Å²) >= 11 is 0. The van der Waals surface area contributed by atoms with Gasteiger partial charge in [-0.2, -0.15) is 0 Å². The van der Waals surface area contributed by atoms with Crippen molar-refractivity contribution in [2.75, 3.05) is 13.1 Å². The van der Waals surface area contributed by atoms with E-state index in [4.69, 9.17) is 0 Å². The van der Waals surface area contributed by atoms with Crippen LogP contribution in [0, 0.1) is 5.92 Å². The summed E-state index contributed by atoms with van der Waals surface area (Å²) in [6.45, 7) is 8.29. The highest BCUT2D eigenvalue weighted by Crippen LogP contribution is 2.27. The van der Waals surface area contributed by atoms with Crippen molar-refractivity contribution in [2.24, 2.45) is 5.92 Å². The van der Waals surface area contributed by atoms with Crippen molar-refractivity contribution < 1.29 is 4.79 Å². The van der Waals surface area contributed by atoms with E-state index in [0.29, 0.717) is 18.2 Å². The minimum atomic E-state index is 0.417. The van der Waals surface area contributed by atoms with Crippen molar-refractivity contribution in [1.29, 1.82) is 0 Å². The molecule has 0 bridgehead atoms. The maximum absolute atomic E-state index is 11.5. The molecule has 2 heteroatoms. The lowest BCUT2D eigenvalue weighted by atomic mass is 10.1. The number of rotatable bonds is 7. The van der Waals surface area contributed by atoms with Crippen LogP contribution in [0.5, 0.6) is 0 Å². The van der Waals surface area contributed by atoms with Gasteiger partial charge in [0.25, 0.3) is 0 Å². The van der Waals surface area contributed by atoms with Crippen LogP contribution >= 0.6 is 0 Å². The monoisotopic (exact) mass is 197 g/mol. The first kappa shape index (κ1) is 11.7. The first-order valence-electron chi connectivity index (χ1n) is 5.89. The molecule has 0 atom stereocenters. The van der Waals surface area contributed by atoms with Crippen LogP contribution in [0.25, 0.3) is 0 Å². The average molecular weight is 197 g/mol. The molecule has 1 fully saturated rings. The quantitative estimate of drug-likeness (QED) is 0.625. The molecule has 0 unspecified atom stereocenters. The zero-order valence-corrected chi connectivity index (χ0v) is 9.75. The molecule has 0 aromatic carbocycles. The van der Waals surface area contributed by atoms with Crippen molar-refractivity contribution in [3.05, 3.63) is 0 Å². The lowest BCUT2D eigenvalue weighted by molar-refractivity contribution is -0.120. The van der Waals surface area contributed by atoms with Gasteiger partial charge >= 0.3 is 0 Å². The molecular formula is C12H23NO. The highest BCUT2D eigenvalue weighted by molar-refractivity contribution is 5.80. The SMILES string of the molecule is CCCC(=O)CN(CC(C)C)C1CC1. The fraction of sp³-hybridized carbons (Fsp3) is 0.917. The Kier molecular flexibility index (Phi) is 4.59. The minimum absolute atomic E-state index is 0.417. The second kappa shape index (κ2) is 5.50. The van der Waals surface area contributed by atoms with E-state index in [1.807, 2.05) is 0 Å². The summed E-state index contributed by atoms with van der Waals surface area (Å²) in [5.41, 5.74) is 0. The normalized spacial score (nSPS) is 16.6. The second-order valence-electron chi connectivity index (χ2n) is 4.84. The van der Waals surface area contributed by atoms with E-state index in [9.17, 15) is 4.79 Å². The molecule has 0 heterocycles. The van der Waals surface area contributed by atoms with Crippen LogP contribution < -0.4 is 0 Å². The zero-order chi connectivity index (χ0) is 10.6. The molecule has 0 spiro atoms. The van der Waals surface area contributed by atoms with Crippen molar-refractivity contribution in [3.8, 4) is 0 Å². The van der Waals surface area contributed by atoms with Gasteiger partial charge in [-0.3, -0.25) is 9.69 Å². The Morgan fingerprint density at radius 1 is 1.43 bits per heavy atom. The van der Waals surface area contributed by atoms with E-state index < -0.39 is 0 Å². The highest BCUT2D eigenvalue weighted by Gasteiger charge is 2.30. The maximum Gasteiger partial charge on any atom is 0.146 e. The van der Waals surface area contributed by atoms with Crippen LogP contribution in [-0.4, -0.2) is 29.8 Å². The van der Waals surface area contributed by atoms with Gasteiger partial charge in [-0.05, 0) is 25.2 Å². The summed E-state index contributed by atoms with van der Waals surface area (Å²) in [7, 11) is 0. The Balaban J connectivity index is 2.31. The molecule has 1 saturated carbocycles. The van der Waals surface area contributed by atoms with Gasteiger partial charge in [0.1, 0.15) is 5.78 Å². The Bertz CT molecular complexity index is 185. The van der Waals surface area contributed by atoms with E-state index >= 15 is 0 Å². The predicted molar refractivity (Wildman–Crippen MR) is 59.3 cm³/mol. The van der Waals surface area contributed by atoms with Crippen molar-refractivity contribution in [2.45, 2.75) is 52.5 Å². The molecule has 1 rings (SSSR count). The average Bonchev–Trinajstić information content (AvgIpc) is 2.84. The van der Waals surface area contributed by atoms with Gasteiger partial charge in [0.2, 0.25) is 0 Å². The van der Waals surface area contributed by atoms with Gasteiger partial charge in [-0.15, -0.1) is 0 Å². The van der Waals surface area contributed by atoms with Crippen molar-refractivity contribution in [3.63, 3.8) is 0 Å². The molecule has 1 aliphatic carbocycles. The van der Waals surface area contributed by atoms with Crippen molar-refractivity contribution in [1.82, 2.24) is 4.90 Å².